The molecule has 0 aliphatic heterocycles. The van der Waals surface area contributed by atoms with Gasteiger partial charge in [-0.15, -0.1) is 57.3 Å². The summed E-state index contributed by atoms with van der Waals surface area (Å²) in [5.74, 6) is 0. The minimum absolute atomic E-state index is 0. The summed E-state index contributed by atoms with van der Waals surface area (Å²) >= 11 is 0. The molecule has 6 aromatic rings. The van der Waals surface area contributed by atoms with E-state index < -0.39 is 0 Å². The van der Waals surface area contributed by atoms with Crippen LogP contribution in [0, 0.1) is 12.2 Å². The average molecular weight is 703 g/mol. The van der Waals surface area contributed by atoms with Gasteiger partial charge in [0.1, 0.15) is 9.52 Å². The number of rotatable bonds is 2. The molecule has 0 atom stereocenters. The van der Waals surface area contributed by atoms with Crippen LogP contribution in [0.5, 0.6) is 0 Å². The van der Waals surface area contributed by atoms with Gasteiger partial charge in [0.15, 0.2) is 0 Å². The molecular formula is C40H32Cl2SiZr. The summed E-state index contributed by atoms with van der Waals surface area (Å²) in [4.78, 5) is 0. The zero-order chi connectivity index (χ0) is 28.0. The van der Waals surface area contributed by atoms with Crippen molar-refractivity contribution in [3.8, 4) is 0 Å². The van der Waals surface area contributed by atoms with Crippen molar-refractivity contribution < 1.29 is 51.0 Å². The Bertz CT molecular complexity index is 1740. The summed E-state index contributed by atoms with van der Waals surface area (Å²) in [5, 5.41) is 8.09. The van der Waals surface area contributed by atoms with Gasteiger partial charge in [0.25, 0.3) is 0 Å². The summed E-state index contributed by atoms with van der Waals surface area (Å²) in [5.41, 5.74) is 8.14. The van der Waals surface area contributed by atoms with Gasteiger partial charge < -0.3 is 24.8 Å². The molecule has 2 radical (unpaired) electrons. The van der Waals surface area contributed by atoms with E-state index >= 15 is 0 Å². The van der Waals surface area contributed by atoms with Crippen molar-refractivity contribution in [2.45, 2.75) is 26.7 Å². The summed E-state index contributed by atoms with van der Waals surface area (Å²) in [6, 6.07) is 47.0. The Balaban J connectivity index is 0.000000175. The topological polar surface area (TPSA) is 0 Å². The third-order valence-corrected chi connectivity index (χ3v) is 8.70. The maximum absolute atomic E-state index is 3.46. The average Bonchev–Trinajstić information content (AvgIpc) is 3.60. The molecule has 0 saturated heterocycles. The number of hydrogen-bond acceptors (Lipinski definition) is 0. The van der Waals surface area contributed by atoms with Crippen LogP contribution in [0.3, 0.4) is 0 Å². The first kappa shape index (κ1) is 35.5. The van der Waals surface area contributed by atoms with Gasteiger partial charge >= 0.3 is 26.2 Å². The molecular weight excluding hydrogens is 671 g/mol. The SMILES string of the molecule is CC1=[C-]c2c(ccc3ccccc23)C1.CC1=[C-]c2c(ccc3ccccc23)C1.[Cl-].[Cl-].[Zr+4].c1ccc([Si]c2ccccc2)cc1. The largest absolute Gasteiger partial charge is 4.00 e. The monoisotopic (exact) mass is 700 g/mol. The Morgan fingerprint density at radius 1 is 0.455 bits per heavy atom. The van der Waals surface area contributed by atoms with Crippen molar-refractivity contribution in [2.24, 2.45) is 0 Å². The molecule has 0 unspecified atom stereocenters. The van der Waals surface area contributed by atoms with Gasteiger partial charge in [0.05, 0.1) is 0 Å². The van der Waals surface area contributed by atoms with Crippen molar-refractivity contribution in [2.75, 3.05) is 0 Å². The zero-order valence-corrected chi connectivity index (χ0v) is 29.8. The van der Waals surface area contributed by atoms with E-state index in [2.05, 4.69) is 159 Å². The Hall–Kier alpha value is -3.00. The molecule has 2 aliphatic rings. The van der Waals surface area contributed by atoms with Crippen LogP contribution in [-0.4, -0.2) is 9.52 Å². The van der Waals surface area contributed by atoms with E-state index in [1.807, 2.05) is 0 Å². The Labute approximate surface area is 296 Å². The minimum atomic E-state index is 0. The fourth-order valence-corrected chi connectivity index (χ4v) is 6.57. The predicted molar refractivity (Wildman–Crippen MR) is 176 cm³/mol. The van der Waals surface area contributed by atoms with Gasteiger partial charge in [-0.3, -0.25) is 0 Å². The predicted octanol–water partition coefficient (Wildman–Crippen LogP) is 2.33. The van der Waals surface area contributed by atoms with Gasteiger partial charge in [-0.05, 0) is 0 Å². The second-order valence-corrected chi connectivity index (χ2v) is 12.1. The van der Waals surface area contributed by atoms with Crippen LogP contribution in [0.2, 0.25) is 0 Å². The number of benzene rings is 6. The Morgan fingerprint density at radius 2 is 0.818 bits per heavy atom. The fraction of sp³-hybridized carbons (Fsp3) is 0.100. The van der Waals surface area contributed by atoms with Gasteiger partial charge in [-0.2, -0.15) is 23.3 Å². The van der Waals surface area contributed by atoms with Crippen molar-refractivity contribution in [1.82, 2.24) is 0 Å². The van der Waals surface area contributed by atoms with Gasteiger partial charge in [-0.1, -0.05) is 157 Å². The molecule has 8 rings (SSSR count). The summed E-state index contributed by atoms with van der Waals surface area (Å²) in [6.45, 7) is 4.30. The molecule has 0 N–H and O–H groups in total. The van der Waals surface area contributed by atoms with Gasteiger partial charge in [-0.25, -0.2) is 0 Å². The molecule has 0 nitrogen and oxygen atoms in total. The van der Waals surface area contributed by atoms with Crippen LogP contribution in [0.4, 0.5) is 0 Å². The molecule has 214 valence electrons. The maximum Gasteiger partial charge on any atom is 4.00 e. The normalized spacial score (nSPS) is 12.0. The number of allylic oxidation sites excluding steroid dienone is 2. The summed E-state index contributed by atoms with van der Waals surface area (Å²) in [6.07, 6.45) is 9.05. The molecule has 4 heteroatoms. The van der Waals surface area contributed by atoms with Crippen LogP contribution >= 0.6 is 0 Å². The van der Waals surface area contributed by atoms with Crippen molar-refractivity contribution in [1.29, 1.82) is 0 Å². The molecule has 0 saturated carbocycles. The molecule has 44 heavy (non-hydrogen) atoms. The standard InChI is InChI=1S/2C14H11.C12H10Si.2ClH.Zr/c2*1-10-8-12-7-6-11-4-2-3-5-13(11)14(12)9-10;1-3-7-11(8-4-1)13-12-9-5-2-6-10-12;;;/h2*2-7H,8H2,1H3;1-10H;2*1H;/q2*-1;;;;+4/p-2. The molecule has 0 bridgehead atoms. The molecule has 0 fully saturated rings. The zero-order valence-electron chi connectivity index (χ0n) is 24.9. The van der Waals surface area contributed by atoms with Crippen molar-refractivity contribution >= 4 is 41.4 Å². The van der Waals surface area contributed by atoms with E-state index in [4.69, 9.17) is 0 Å². The summed E-state index contributed by atoms with van der Waals surface area (Å²) in [7, 11) is 0.777. The Morgan fingerprint density at radius 3 is 1.23 bits per heavy atom. The van der Waals surface area contributed by atoms with E-state index in [0.717, 1.165) is 22.4 Å². The first-order valence-corrected chi connectivity index (χ1v) is 15.2. The minimum Gasteiger partial charge on any atom is -1.00 e. The van der Waals surface area contributed by atoms with E-state index in [0.29, 0.717) is 0 Å². The van der Waals surface area contributed by atoms with Crippen LogP contribution in [-0.2, 0) is 39.0 Å². The molecule has 0 aromatic heterocycles. The molecule has 2 aliphatic carbocycles. The molecule has 0 amide bonds. The number of fused-ring (bicyclic) bond motifs is 6. The van der Waals surface area contributed by atoms with Crippen LogP contribution in [0.25, 0.3) is 21.5 Å². The van der Waals surface area contributed by atoms with E-state index in [1.54, 1.807) is 0 Å². The third kappa shape index (κ3) is 8.58. The second-order valence-electron chi connectivity index (χ2n) is 10.7. The number of hydrogen-bond donors (Lipinski definition) is 0. The quantitative estimate of drug-likeness (QED) is 0.192. The maximum atomic E-state index is 3.46. The molecule has 0 spiro atoms. The number of halogens is 2. The fourth-order valence-electron chi connectivity index (χ4n) is 5.52. The van der Waals surface area contributed by atoms with E-state index in [1.165, 1.54) is 65.3 Å². The first-order valence-electron chi connectivity index (χ1n) is 14.2. The third-order valence-electron chi connectivity index (χ3n) is 7.45. The summed E-state index contributed by atoms with van der Waals surface area (Å²) < 4.78 is 0. The van der Waals surface area contributed by atoms with Crippen LogP contribution in [0.15, 0.2) is 145 Å². The van der Waals surface area contributed by atoms with Gasteiger partial charge in [0.2, 0.25) is 0 Å². The van der Waals surface area contributed by atoms with Crippen LogP contribution in [0.1, 0.15) is 36.1 Å². The Kier molecular flexibility index (Phi) is 13.6. The van der Waals surface area contributed by atoms with E-state index in [-0.39, 0.29) is 51.0 Å². The first-order chi connectivity index (χ1) is 20.1. The van der Waals surface area contributed by atoms with Crippen LogP contribution < -0.4 is 35.2 Å². The second kappa shape index (κ2) is 16.9. The van der Waals surface area contributed by atoms with Gasteiger partial charge in [0, 0.05) is 0 Å². The molecule has 0 heterocycles. The smallest absolute Gasteiger partial charge is 1.00 e. The van der Waals surface area contributed by atoms with Crippen molar-refractivity contribution in [3.63, 3.8) is 0 Å². The van der Waals surface area contributed by atoms with E-state index in [9.17, 15) is 0 Å². The molecule has 6 aromatic carbocycles. The van der Waals surface area contributed by atoms with Crippen molar-refractivity contribution in [3.05, 3.63) is 179 Å².